The third kappa shape index (κ3) is 4.42. The van der Waals surface area contributed by atoms with Crippen LogP contribution in [0.4, 0.5) is 5.69 Å². The molecular formula is C23H24N4O2S. The van der Waals surface area contributed by atoms with E-state index in [0.29, 0.717) is 11.6 Å². The van der Waals surface area contributed by atoms with Crippen molar-refractivity contribution in [3.8, 4) is 0 Å². The predicted octanol–water partition coefficient (Wildman–Crippen LogP) is 5.29. The summed E-state index contributed by atoms with van der Waals surface area (Å²) in [7, 11) is 2.01. The molecule has 4 rings (SSSR count). The second-order valence-corrected chi connectivity index (χ2v) is 8.35. The summed E-state index contributed by atoms with van der Waals surface area (Å²) in [5, 5.41) is 13.4. The van der Waals surface area contributed by atoms with Crippen molar-refractivity contribution in [1.82, 2.24) is 15.1 Å². The first-order chi connectivity index (χ1) is 14.5. The molecule has 0 fully saturated rings. The molecule has 7 heteroatoms. The summed E-state index contributed by atoms with van der Waals surface area (Å²) in [4.78, 5) is 14.6. The average Bonchev–Trinajstić information content (AvgIpc) is 3.40. The van der Waals surface area contributed by atoms with Gasteiger partial charge >= 0.3 is 0 Å². The molecule has 1 N–H and O–H groups in total. The van der Waals surface area contributed by atoms with Gasteiger partial charge in [0.25, 0.3) is 5.91 Å². The van der Waals surface area contributed by atoms with Crippen molar-refractivity contribution in [1.29, 1.82) is 0 Å². The molecule has 0 radical (unpaired) electrons. The number of carbonyl (C=O) groups is 1. The maximum Gasteiger partial charge on any atom is 0.286 e. The fraction of sp³-hybridized carbons (Fsp3) is 0.261. The maximum absolute atomic E-state index is 12.5. The minimum atomic E-state index is -0.240. The minimum absolute atomic E-state index is 0.0654. The highest BCUT2D eigenvalue weighted by Gasteiger charge is 2.19. The van der Waals surface area contributed by atoms with Gasteiger partial charge in [0.05, 0.1) is 12.6 Å². The molecule has 2 aromatic carbocycles. The Hall–Kier alpha value is -3.03. The van der Waals surface area contributed by atoms with Gasteiger partial charge in [-0.15, -0.1) is 10.2 Å². The maximum atomic E-state index is 12.5. The molecule has 30 heavy (non-hydrogen) atoms. The van der Waals surface area contributed by atoms with E-state index in [1.165, 1.54) is 16.9 Å². The third-order valence-corrected chi connectivity index (χ3v) is 6.09. The largest absolute Gasteiger partial charge is 0.459 e. The smallest absolute Gasteiger partial charge is 0.286 e. The van der Waals surface area contributed by atoms with Crippen molar-refractivity contribution in [3.05, 3.63) is 75.9 Å². The minimum Gasteiger partial charge on any atom is -0.459 e. The highest BCUT2D eigenvalue weighted by Crippen LogP contribution is 2.28. The third-order valence-electron chi connectivity index (χ3n) is 5.18. The lowest BCUT2D eigenvalue weighted by molar-refractivity contribution is 0.102. The van der Waals surface area contributed by atoms with Crippen LogP contribution >= 0.6 is 11.3 Å². The molecule has 2 aromatic heterocycles. The van der Waals surface area contributed by atoms with Crippen LogP contribution in [0.2, 0.25) is 0 Å². The molecule has 0 aliphatic carbocycles. The first-order valence-corrected chi connectivity index (χ1v) is 10.8. The number of furan rings is 1. The van der Waals surface area contributed by atoms with Gasteiger partial charge in [0.15, 0.2) is 0 Å². The topological polar surface area (TPSA) is 71.3 Å². The number of nitrogens with one attached hydrogen (secondary N) is 1. The molecule has 4 aromatic rings. The fourth-order valence-corrected chi connectivity index (χ4v) is 3.99. The molecule has 0 saturated carbocycles. The van der Waals surface area contributed by atoms with Crippen molar-refractivity contribution in [2.24, 2.45) is 0 Å². The van der Waals surface area contributed by atoms with Crippen LogP contribution in [-0.4, -0.2) is 28.1 Å². The number of fused-ring (bicyclic) bond motifs is 1. The standard InChI is InChI=1S/C23H24N4O2S/c1-4-16-9-11-18(12-10-16)24-22(28)23-26-25-21(30-23)14-27(3)15(2)20-13-17-7-5-6-8-19(17)29-20/h5-13,15H,4,14H2,1-3H3,(H,24,28)/t15-/m1/s1. The lowest BCUT2D eigenvalue weighted by Gasteiger charge is -2.21. The molecular weight excluding hydrogens is 396 g/mol. The van der Waals surface area contributed by atoms with E-state index in [-0.39, 0.29) is 11.9 Å². The molecule has 0 unspecified atom stereocenters. The van der Waals surface area contributed by atoms with Gasteiger partial charge in [0, 0.05) is 11.1 Å². The van der Waals surface area contributed by atoms with Gasteiger partial charge in [-0.25, -0.2) is 0 Å². The van der Waals surface area contributed by atoms with Crippen molar-refractivity contribution in [2.75, 3.05) is 12.4 Å². The van der Waals surface area contributed by atoms with Crippen LogP contribution in [0.25, 0.3) is 11.0 Å². The van der Waals surface area contributed by atoms with E-state index in [1.54, 1.807) is 0 Å². The number of para-hydroxylation sites is 1. The quantitative estimate of drug-likeness (QED) is 0.440. The molecule has 0 aliphatic heterocycles. The number of aryl methyl sites for hydroxylation is 1. The monoisotopic (exact) mass is 420 g/mol. The normalized spacial score (nSPS) is 12.4. The molecule has 0 saturated heterocycles. The molecule has 1 atom stereocenters. The van der Waals surface area contributed by atoms with Gasteiger partial charge in [0.1, 0.15) is 16.4 Å². The Bertz CT molecular complexity index is 1120. The molecule has 2 heterocycles. The van der Waals surface area contributed by atoms with Crippen molar-refractivity contribution in [3.63, 3.8) is 0 Å². The molecule has 6 nitrogen and oxygen atoms in total. The SMILES string of the molecule is CCc1ccc(NC(=O)c2nnc(CN(C)[C@H](C)c3cc4ccccc4o3)s2)cc1. The number of benzene rings is 2. The molecule has 154 valence electrons. The number of hydrogen-bond donors (Lipinski definition) is 1. The summed E-state index contributed by atoms with van der Waals surface area (Å²) in [6.07, 6.45) is 0.966. The van der Waals surface area contributed by atoms with Crippen molar-refractivity contribution < 1.29 is 9.21 Å². The number of hydrogen-bond acceptors (Lipinski definition) is 6. The zero-order valence-corrected chi connectivity index (χ0v) is 18.1. The van der Waals surface area contributed by atoms with Crippen LogP contribution in [0.15, 0.2) is 59.0 Å². The Morgan fingerprint density at radius 2 is 1.93 bits per heavy atom. The lowest BCUT2D eigenvalue weighted by Crippen LogP contribution is -2.21. The van der Waals surface area contributed by atoms with Crippen LogP contribution in [-0.2, 0) is 13.0 Å². The van der Waals surface area contributed by atoms with Gasteiger partial charge in [-0.05, 0) is 50.2 Å². The van der Waals surface area contributed by atoms with E-state index >= 15 is 0 Å². The summed E-state index contributed by atoms with van der Waals surface area (Å²) in [6.45, 7) is 4.77. The molecule has 0 spiro atoms. The van der Waals surface area contributed by atoms with Crippen LogP contribution in [0.5, 0.6) is 0 Å². The van der Waals surface area contributed by atoms with E-state index in [1.807, 2.05) is 55.6 Å². The second-order valence-electron chi connectivity index (χ2n) is 7.28. The Balaban J connectivity index is 1.39. The number of nitrogens with zero attached hydrogens (tertiary/aromatic N) is 3. The zero-order chi connectivity index (χ0) is 21.1. The summed E-state index contributed by atoms with van der Waals surface area (Å²) in [5.41, 5.74) is 2.87. The zero-order valence-electron chi connectivity index (χ0n) is 17.3. The number of aromatic nitrogens is 2. The van der Waals surface area contributed by atoms with Gasteiger partial charge in [-0.2, -0.15) is 0 Å². The van der Waals surface area contributed by atoms with Gasteiger partial charge in [-0.1, -0.05) is 48.6 Å². The van der Waals surface area contributed by atoms with E-state index < -0.39 is 0 Å². The Morgan fingerprint density at radius 3 is 2.67 bits per heavy atom. The van der Waals surface area contributed by atoms with E-state index in [4.69, 9.17) is 4.42 Å². The molecule has 0 bridgehead atoms. The van der Waals surface area contributed by atoms with Gasteiger partial charge < -0.3 is 9.73 Å². The van der Waals surface area contributed by atoms with Crippen molar-refractivity contribution in [2.45, 2.75) is 32.9 Å². The highest BCUT2D eigenvalue weighted by atomic mass is 32.1. The first-order valence-electron chi connectivity index (χ1n) is 9.95. The summed E-state index contributed by atoms with van der Waals surface area (Å²) in [5.74, 6) is 0.660. The van der Waals surface area contributed by atoms with E-state index in [0.717, 1.165) is 33.8 Å². The summed E-state index contributed by atoms with van der Waals surface area (Å²) >= 11 is 1.31. The second kappa shape index (κ2) is 8.77. The Kier molecular flexibility index (Phi) is 5.92. The van der Waals surface area contributed by atoms with Gasteiger partial charge in [-0.3, -0.25) is 9.69 Å². The number of anilines is 1. The summed E-state index contributed by atoms with van der Waals surface area (Å²) in [6, 6.07) is 17.9. The van der Waals surface area contributed by atoms with Crippen LogP contribution in [0.1, 0.15) is 46.0 Å². The van der Waals surface area contributed by atoms with E-state index in [2.05, 4.69) is 40.3 Å². The van der Waals surface area contributed by atoms with Gasteiger partial charge in [0.2, 0.25) is 5.01 Å². The van der Waals surface area contributed by atoms with Crippen LogP contribution in [0, 0.1) is 0 Å². The highest BCUT2D eigenvalue weighted by molar-refractivity contribution is 7.13. The molecule has 0 aliphatic rings. The molecule has 1 amide bonds. The van der Waals surface area contributed by atoms with Crippen LogP contribution < -0.4 is 5.32 Å². The lowest BCUT2D eigenvalue weighted by atomic mass is 10.1. The predicted molar refractivity (Wildman–Crippen MR) is 120 cm³/mol. The average molecular weight is 421 g/mol. The Morgan fingerprint density at radius 1 is 1.17 bits per heavy atom. The fourth-order valence-electron chi connectivity index (χ4n) is 3.19. The number of amides is 1. The van der Waals surface area contributed by atoms with E-state index in [9.17, 15) is 4.79 Å². The van der Waals surface area contributed by atoms with Crippen molar-refractivity contribution >= 4 is 33.9 Å². The Labute approximate surface area is 179 Å². The van der Waals surface area contributed by atoms with Crippen LogP contribution in [0.3, 0.4) is 0 Å². The number of rotatable bonds is 7. The number of carbonyl (C=O) groups excluding carboxylic acids is 1. The first kappa shape index (κ1) is 20.3. The summed E-state index contributed by atoms with van der Waals surface area (Å²) < 4.78 is 5.98.